The summed E-state index contributed by atoms with van der Waals surface area (Å²) in [6, 6.07) is -0.0510. The lowest BCUT2D eigenvalue weighted by molar-refractivity contribution is 0.0272. The van der Waals surface area contributed by atoms with Crippen LogP contribution in [0.3, 0.4) is 0 Å². The number of ether oxygens (including phenoxy) is 1. The van der Waals surface area contributed by atoms with Gasteiger partial charge in [-0.15, -0.1) is 0 Å². The van der Waals surface area contributed by atoms with Crippen LogP contribution in [0.1, 0.15) is 13.8 Å². The van der Waals surface area contributed by atoms with Crippen LogP contribution in [0.2, 0.25) is 0 Å². The summed E-state index contributed by atoms with van der Waals surface area (Å²) < 4.78 is 7.24. The van der Waals surface area contributed by atoms with E-state index in [1.54, 1.807) is 17.0 Å². The maximum absolute atomic E-state index is 12.2. The lowest BCUT2D eigenvalue weighted by Crippen LogP contribution is -2.51. The van der Waals surface area contributed by atoms with Crippen molar-refractivity contribution < 1.29 is 4.74 Å². The molecule has 1 fully saturated rings. The van der Waals surface area contributed by atoms with E-state index in [4.69, 9.17) is 10.5 Å². The van der Waals surface area contributed by atoms with Crippen molar-refractivity contribution >= 4 is 5.82 Å². The number of morpholine rings is 1. The Morgan fingerprint density at radius 1 is 1.67 bits per heavy atom. The second-order valence-corrected chi connectivity index (χ2v) is 4.56. The van der Waals surface area contributed by atoms with Gasteiger partial charge in [-0.3, -0.25) is 4.79 Å². The topological polar surface area (TPSA) is 73.4 Å². The molecular formula is C12H20N4O2. The smallest absolute Gasteiger partial charge is 0.293 e. The fraction of sp³-hybridized carbons (Fsp3) is 0.667. The zero-order valence-corrected chi connectivity index (χ0v) is 10.9. The summed E-state index contributed by atoms with van der Waals surface area (Å²) in [5, 5.41) is 0. The summed E-state index contributed by atoms with van der Waals surface area (Å²) in [6.07, 6.45) is 3.32. The van der Waals surface area contributed by atoms with E-state index in [-0.39, 0.29) is 17.7 Å². The largest absolute Gasteiger partial charge is 0.373 e. The predicted molar refractivity (Wildman–Crippen MR) is 69.8 cm³/mol. The van der Waals surface area contributed by atoms with Crippen LogP contribution >= 0.6 is 0 Å². The van der Waals surface area contributed by atoms with Gasteiger partial charge < -0.3 is 19.9 Å². The summed E-state index contributed by atoms with van der Waals surface area (Å²) >= 11 is 0. The molecule has 2 N–H and O–H groups in total. The molecule has 18 heavy (non-hydrogen) atoms. The molecule has 0 aromatic carbocycles. The van der Waals surface area contributed by atoms with Gasteiger partial charge in [0.05, 0.1) is 12.7 Å². The molecule has 6 nitrogen and oxygen atoms in total. The first-order valence-electron chi connectivity index (χ1n) is 6.31. The molecule has 0 bridgehead atoms. The molecule has 0 saturated carbocycles. The maximum Gasteiger partial charge on any atom is 0.293 e. The Kier molecular flexibility index (Phi) is 3.98. The Morgan fingerprint density at radius 2 is 2.44 bits per heavy atom. The first-order valence-corrected chi connectivity index (χ1v) is 6.31. The summed E-state index contributed by atoms with van der Waals surface area (Å²) in [5.41, 5.74) is 5.80. The Bertz CT molecular complexity index is 458. The van der Waals surface area contributed by atoms with E-state index >= 15 is 0 Å². The van der Waals surface area contributed by atoms with Crippen molar-refractivity contribution in [3.8, 4) is 0 Å². The van der Waals surface area contributed by atoms with Gasteiger partial charge in [0.15, 0.2) is 5.82 Å². The number of hydrogen-bond donors (Lipinski definition) is 1. The van der Waals surface area contributed by atoms with Crippen LogP contribution in [0.15, 0.2) is 17.2 Å². The maximum atomic E-state index is 12.2. The van der Waals surface area contributed by atoms with Crippen LogP contribution in [0.25, 0.3) is 0 Å². The van der Waals surface area contributed by atoms with Crippen LogP contribution in [0.4, 0.5) is 5.82 Å². The first-order chi connectivity index (χ1) is 8.63. The molecule has 1 aliphatic rings. The van der Waals surface area contributed by atoms with Crippen LogP contribution < -0.4 is 16.2 Å². The minimum absolute atomic E-state index is 0.0461. The predicted octanol–water partition coefficient (Wildman–Crippen LogP) is -0.184. The third-order valence-corrected chi connectivity index (χ3v) is 3.22. The SMILES string of the molecule is CCn1ccnc(N2CCOC(C(C)N)C2)c1=O. The highest BCUT2D eigenvalue weighted by Crippen LogP contribution is 2.12. The lowest BCUT2D eigenvalue weighted by atomic mass is 10.1. The average Bonchev–Trinajstić information content (AvgIpc) is 2.39. The zero-order valence-electron chi connectivity index (χ0n) is 10.9. The fourth-order valence-electron chi connectivity index (χ4n) is 2.09. The van der Waals surface area contributed by atoms with Crippen molar-refractivity contribution in [3.05, 3.63) is 22.7 Å². The van der Waals surface area contributed by atoms with Gasteiger partial charge >= 0.3 is 0 Å². The average molecular weight is 252 g/mol. The number of anilines is 1. The number of aryl methyl sites for hydroxylation is 1. The molecular weight excluding hydrogens is 232 g/mol. The molecule has 6 heteroatoms. The molecule has 0 aliphatic carbocycles. The van der Waals surface area contributed by atoms with Crippen LogP contribution in [-0.2, 0) is 11.3 Å². The van der Waals surface area contributed by atoms with Gasteiger partial charge in [0.2, 0.25) is 0 Å². The third kappa shape index (κ3) is 2.54. The molecule has 2 rings (SSSR count). The van der Waals surface area contributed by atoms with Crippen molar-refractivity contribution in [3.63, 3.8) is 0 Å². The van der Waals surface area contributed by atoms with Gasteiger partial charge in [0.25, 0.3) is 5.56 Å². The van der Waals surface area contributed by atoms with Gasteiger partial charge in [-0.2, -0.15) is 0 Å². The molecule has 0 radical (unpaired) electrons. The summed E-state index contributed by atoms with van der Waals surface area (Å²) in [4.78, 5) is 18.3. The molecule has 1 aromatic heterocycles. The van der Waals surface area contributed by atoms with E-state index < -0.39 is 0 Å². The second-order valence-electron chi connectivity index (χ2n) is 4.56. The molecule has 2 atom stereocenters. The highest BCUT2D eigenvalue weighted by atomic mass is 16.5. The van der Waals surface area contributed by atoms with Crippen LogP contribution in [-0.4, -0.2) is 41.4 Å². The molecule has 100 valence electrons. The molecule has 2 unspecified atom stereocenters. The third-order valence-electron chi connectivity index (χ3n) is 3.22. The molecule has 0 spiro atoms. The fourth-order valence-corrected chi connectivity index (χ4v) is 2.09. The molecule has 0 amide bonds. The minimum Gasteiger partial charge on any atom is -0.373 e. The number of hydrogen-bond acceptors (Lipinski definition) is 5. The van der Waals surface area contributed by atoms with E-state index in [0.717, 1.165) is 0 Å². The van der Waals surface area contributed by atoms with Crippen LogP contribution in [0, 0.1) is 0 Å². The van der Waals surface area contributed by atoms with E-state index in [2.05, 4.69) is 4.98 Å². The molecule has 1 saturated heterocycles. The molecule has 2 heterocycles. The Labute approximate surface area is 106 Å². The summed E-state index contributed by atoms with van der Waals surface area (Å²) in [5.74, 6) is 0.494. The summed E-state index contributed by atoms with van der Waals surface area (Å²) in [7, 11) is 0. The monoisotopic (exact) mass is 252 g/mol. The van der Waals surface area contributed by atoms with Gasteiger partial charge in [0.1, 0.15) is 0 Å². The normalized spacial score (nSPS) is 21.9. The van der Waals surface area contributed by atoms with Crippen molar-refractivity contribution in [2.75, 3.05) is 24.6 Å². The second kappa shape index (κ2) is 5.49. The van der Waals surface area contributed by atoms with Crippen molar-refractivity contribution in [2.24, 2.45) is 5.73 Å². The Balaban J connectivity index is 2.23. The van der Waals surface area contributed by atoms with Gasteiger partial charge in [0, 0.05) is 38.1 Å². The lowest BCUT2D eigenvalue weighted by Gasteiger charge is -2.35. The highest BCUT2D eigenvalue weighted by Gasteiger charge is 2.25. The molecule has 1 aliphatic heterocycles. The number of nitrogens with two attached hydrogens (primary N) is 1. The minimum atomic E-state index is -0.0510. The zero-order chi connectivity index (χ0) is 13.1. The number of nitrogens with zero attached hydrogens (tertiary/aromatic N) is 3. The number of rotatable bonds is 3. The van der Waals surface area contributed by atoms with Crippen molar-refractivity contribution in [1.29, 1.82) is 0 Å². The Morgan fingerprint density at radius 3 is 3.11 bits per heavy atom. The van der Waals surface area contributed by atoms with E-state index in [1.165, 1.54) is 0 Å². The van der Waals surface area contributed by atoms with E-state index in [0.29, 0.717) is 32.1 Å². The van der Waals surface area contributed by atoms with Crippen molar-refractivity contribution in [1.82, 2.24) is 9.55 Å². The van der Waals surface area contributed by atoms with Crippen molar-refractivity contribution in [2.45, 2.75) is 32.5 Å². The Hall–Kier alpha value is -1.40. The van der Waals surface area contributed by atoms with Gasteiger partial charge in [-0.25, -0.2) is 4.98 Å². The highest BCUT2D eigenvalue weighted by molar-refractivity contribution is 5.36. The van der Waals surface area contributed by atoms with Gasteiger partial charge in [-0.05, 0) is 13.8 Å². The van der Waals surface area contributed by atoms with Gasteiger partial charge in [-0.1, -0.05) is 0 Å². The number of aromatic nitrogens is 2. The standard InChI is InChI=1S/C12H20N4O2/c1-3-15-5-4-14-11(12(15)17)16-6-7-18-10(8-16)9(2)13/h4-5,9-10H,3,6-8,13H2,1-2H3. The van der Waals surface area contributed by atoms with Crippen LogP contribution in [0.5, 0.6) is 0 Å². The molecule has 1 aromatic rings. The summed E-state index contributed by atoms with van der Waals surface area (Å²) in [6.45, 7) is 6.38. The van der Waals surface area contributed by atoms with E-state index in [9.17, 15) is 4.79 Å². The van der Waals surface area contributed by atoms with E-state index in [1.807, 2.05) is 18.7 Å². The quantitative estimate of drug-likeness (QED) is 0.807. The first kappa shape index (κ1) is 13.0.